The van der Waals surface area contributed by atoms with Crippen LogP contribution in [0.5, 0.6) is 5.75 Å². The SMILES string of the molecule is COc1ccc(C)c([C@@H](CCN2CCC(n3c(=O)n(Cc4ncn[nH]4)c4ccccc43)CC2)C(C)C)c1. The third kappa shape index (κ3) is 5.21. The molecule has 3 heterocycles. The van der Waals surface area contributed by atoms with Crippen LogP contribution in [0.3, 0.4) is 0 Å². The second kappa shape index (κ2) is 10.9. The molecule has 4 aromatic rings. The first-order valence-corrected chi connectivity index (χ1v) is 13.4. The van der Waals surface area contributed by atoms with Crippen LogP contribution in [-0.4, -0.2) is 56.0 Å². The van der Waals surface area contributed by atoms with Crippen molar-refractivity contribution in [3.8, 4) is 5.75 Å². The summed E-state index contributed by atoms with van der Waals surface area (Å²) in [7, 11) is 1.74. The van der Waals surface area contributed by atoms with E-state index in [0.29, 0.717) is 24.2 Å². The van der Waals surface area contributed by atoms with Crippen LogP contribution < -0.4 is 10.4 Å². The maximum atomic E-state index is 13.6. The molecule has 1 saturated heterocycles. The van der Waals surface area contributed by atoms with Crippen molar-refractivity contribution < 1.29 is 4.74 Å². The number of aryl methyl sites for hydroxylation is 1. The number of benzene rings is 2. The summed E-state index contributed by atoms with van der Waals surface area (Å²) >= 11 is 0. The van der Waals surface area contributed by atoms with Crippen molar-refractivity contribution in [1.82, 2.24) is 29.2 Å². The molecule has 0 saturated carbocycles. The molecule has 2 aromatic heterocycles. The van der Waals surface area contributed by atoms with E-state index in [2.05, 4.69) is 59.1 Å². The Morgan fingerprint density at radius 3 is 2.54 bits per heavy atom. The number of hydrogen-bond donors (Lipinski definition) is 1. The number of imidazole rings is 1. The van der Waals surface area contributed by atoms with Crippen molar-refractivity contribution in [3.05, 3.63) is 76.2 Å². The Morgan fingerprint density at radius 1 is 1.11 bits per heavy atom. The van der Waals surface area contributed by atoms with Crippen LogP contribution in [0.15, 0.2) is 53.6 Å². The van der Waals surface area contributed by atoms with Crippen LogP contribution in [-0.2, 0) is 6.54 Å². The minimum atomic E-state index is 0.0319. The lowest BCUT2D eigenvalue weighted by atomic mass is 9.83. The third-order valence-corrected chi connectivity index (χ3v) is 8.01. The van der Waals surface area contributed by atoms with E-state index in [4.69, 9.17) is 4.74 Å². The van der Waals surface area contributed by atoms with Gasteiger partial charge in [-0.1, -0.05) is 32.0 Å². The third-order valence-electron chi connectivity index (χ3n) is 8.01. The molecule has 1 atom stereocenters. The Hall–Kier alpha value is -3.39. The highest BCUT2D eigenvalue weighted by Gasteiger charge is 2.27. The minimum absolute atomic E-state index is 0.0319. The zero-order valence-corrected chi connectivity index (χ0v) is 22.4. The molecule has 1 fully saturated rings. The molecule has 196 valence electrons. The first kappa shape index (κ1) is 25.3. The number of fused-ring (bicyclic) bond motifs is 1. The maximum Gasteiger partial charge on any atom is 0.329 e. The fourth-order valence-electron chi connectivity index (χ4n) is 5.91. The quantitative estimate of drug-likeness (QED) is 0.357. The Kier molecular flexibility index (Phi) is 7.46. The van der Waals surface area contributed by atoms with E-state index in [0.717, 1.165) is 55.7 Å². The van der Waals surface area contributed by atoms with Gasteiger partial charge in [0, 0.05) is 19.1 Å². The molecule has 0 amide bonds. The summed E-state index contributed by atoms with van der Waals surface area (Å²) in [5, 5.41) is 6.82. The minimum Gasteiger partial charge on any atom is -0.497 e. The fraction of sp³-hybridized carbons (Fsp3) is 0.483. The summed E-state index contributed by atoms with van der Waals surface area (Å²) in [6.45, 7) is 10.3. The van der Waals surface area contributed by atoms with Crippen molar-refractivity contribution in [2.24, 2.45) is 5.92 Å². The van der Waals surface area contributed by atoms with Gasteiger partial charge in [0.2, 0.25) is 0 Å². The molecule has 1 aliphatic rings. The van der Waals surface area contributed by atoms with Gasteiger partial charge in [0.25, 0.3) is 0 Å². The van der Waals surface area contributed by atoms with E-state index < -0.39 is 0 Å². The fourth-order valence-corrected chi connectivity index (χ4v) is 5.91. The predicted octanol–water partition coefficient (Wildman–Crippen LogP) is 4.75. The maximum absolute atomic E-state index is 13.6. The number of hydrogen-bond acceptors (Lipinski definition) is 5. The summed E-state index contributed by atoms with van der Waals surface area (Å²) in [6.07, 6.45) is 4.54. The number of H-pyrrole nitrogens is 1. The van der Waals surface area contributed by atoms with Crippen LogP contribution >= 0.6 is 0 Å². The van der Waals surface area contributed by atoms with Gasteiger partial charge in [-0.25, -0.2) is 9.78 Å². The topological polar surface area (TPSA) is 81.0 Å². The Bertz CT molecular complexity index is 1380. The largest absolute Gasteiger partial charge is 0.497 e. The summed E-state index contributed by atoms with van der Waals surface area (Å²) < 4.78 is 9.34. The monoisotopic (exact) mass is 502 g/mol. The van der Waals surface area contributed by atoms with Crippen LogP contribution in [0.25, 0.3) is 11.0 Å². The highest BCUT2D eigenvalue weighted by atomic mass is 16.5. The molecular formula is C29H38N6O2. The number of likely N-dealkylation sites (tertiary alicyclic amines) is 1. The van der Waals surface area contributed by atoms with E-state index in [1.54, 1.807) is 7.11 Å². The average molecular weight is 503 g/mol. The molecule has 0 spiro atoms. The predicted molar refractivity (Wildman–Crippen MR) is 146 cm³/mol. The highest BCUT2D eigenvalue weighted by Crippen LogP contribution is 2.34. The van der Waals surface area contributed by atoms with Gasteiger partial charge >= 0.3 is 5.69 Å². The zero-order chi connectivity index (χ0) is 25.9. The molecule has 8 nitrogen and oxygen atoms in total. The van der Waals surface area contributed by atoms with Gasteiger partial charge in [0.15, 0.2) is 0 Å². The summed E-state index contributed by atoms with van der Waals surface area (Å²) in [6, 6.07) is 14.7. The van der Waals surface area contributed by atoms with Crippen molar-refractivity contribution in [3.63, 3.8) is 0 Å². The number of piperidine rings is 1. The lowest BCUT2D eigenvalue weighted by molar-refractivity contribution is 0.177. The number of rotatable bonds is 9. The molecule has 1 N–H and O–H groups in total. The molecule has 0 unspecified atom stereocenters. The van der Waals surface area contributed by atoms with Gasteiger partial charge in [0.1, 0.15) is 17.9 Å². The van der Waals surface area contributed by atoms with Crippen LogP contribution in [0.4, 0.5) is 0 Å². The number of nitrogens with zero attached hydrogens (tertiary/aromatic N) is 5. The summed E-state index contributed by atoms with van der Waals surface area (Å²) in [5.41, 5.74) is 4.71. The van der Waals surface area contributed by atoms with Crippen LogP contribution in [0, 0.1) is 12.8 Å². The van der Waals surface area contributed by atoms with E-state index in [-0.39, 0.29) is 11.7 Å². The molecule has 1 aliphatic heterocycles. The molecular weight excluding hydrogens is 464 g/mol. The smallest absolute Gasteiger partial charge is 0.329 e. The lowest BCUT2D eigenvalue weighted by Gasteiger charge is -2.34. The number of para-hydroxylation sites is 2. The van der Waals surface area contributed by atoms with E-state index in [9.17, 15) is 4.79 Å². The zero-order valence-electron chi connectivity index (χ0n) is 22.4. The van der Waals surface area contributed by atoms with Gasteiger partial charge in [-0.2, -0.15) is 5.10 Å². The van der Waals surface area contributed by atoms with Crippen molar-refractivity contribution in [2.45, 2.75) is 58.5 Å². The van der Waals surface area contributed by atoms with E-state index >= 15 is 0 Å². The van der Waals surface area contributed by atoms with Gasteiger partial charge in [0.05, 0.1) is 24.7 Å². The van der Waals surface area contributed by atoms with Gasteiger partial charge in [-0.05, 0) is 80.0 Å². The van der Waals surface area contributed by atoms with E-state index in [1.165, 1.54) is 17.5 Å². The van der Waals surface area contributed by atoms with Crippen molar-refractivity contribution >= 4 is 11.0 Å². The summed E-state index contributed by atoms with van der Waals surface area (Å²) in [4.78, 5) is 20.4. The van der Waals surface area contributed by atoms with Crippen LogP contribution in [0.1, 0.15) is 62.0 Å². The van der Waals surface area contributed by atoms with Gasteiger partial charge in [-0.3, -0.25) is 14.2 Å². The van der Waals surface area contributed by atoms with Crippen molar-refractivity contribution in [1.29, 1.82) is 0 Å². The lowest BCUT2D eigenvalue weighted by Crippen LogP contribution is -2.38. The van der Waals surface area contributed by atoms with Crippen LogP contribution in [0.2, 0.25) is 0 Å². The molecule has 2 aromatic carbocycles. The van der Waals surface area contributed by atoms with Gasteiger partial charge in [-0.15, -0.1) is 0 Å². The normalized spacial score (nSPS) is 16.0. The first-order chi connectivity index (χ1) is 18.0. The second-order valence-corrected chi connectivity index (χ2v) is 10.6. The molecule has 8 heteroatoms. The Morgan fingerprint density at radius 2 is 1.86 bits per heavy atom. The second-order valence-electron chi connectivity index (χ2n) is 10.6. The standard InChI is InChI=1S/C29H38N6O2/c1-20(2)24(25-17-23(37-4)10-9-21(25)3)13-16-33-14-11-22(12-15-33)35-27-8-6-5-7-26(27)34(29(35)36)18-28-30-19-31-32-28/h5-10,17,19-20,22,24H,11-16,18H2,1-4H3,(H,30,31,32)/t24-/m0/s1. The molecule has 0 radical (unpaired) electrons. The molecule has 0 aliphatic carbocycles. The number of aromatic nitrogens is 5. The van der Waals surface area contributed by atoms with Gasteiger partial charge < -0.3 is 9.64 Å². The highest BCUT2D eigenvalue weighted by molar-refractivity contribution is 5.76. The molecule has 37 heavy (non-hydrogen) atoms. The molecule has 0 bridgehead atoms. The number of methoxy groups -OCH3 is 1. The van der Waals surface area contributed by atoms with Crippen molar-refractivity contribution in [2.75, 3.05) is 26.7 Å². The number of ether oxygens (including phenoxy) is 1. The molecule has 5 rings (SSSR count). The Labute approximate surface area is 218 Å². The number of aromatic amines is 1. The average Bonchev–Trinajstić information content (AvgIpc) is 3.52. The summed E-state index contributed by atoms with van der Waals surface area (Å²) in [5.74, 6) is 2.66. The Balaban J connectivity index is 1.28. The van der Waals surface area contributed by atoms with E-state index in [1.807, 2.05) is 33.4 Å². The number of nitrogens with one attached hydrogen (secondary N) is 1. The first-order valence-electron chi connectivity index (χ1n) is 13.4.